The number of piperidine rings is 1. The van der Waals surface area contributed by atoms with Gasteiger partial charge in [0.15, 0.2) is 0 Å². The Morgan fingerprint density at radius 1 is 1.13 bits per heavy atom. The zero-order valence-electron chi connectivity index (χ0n) is 18.4. The minimum Gasteiger partial charge on any atom is -0.370 e. The van der Waals surface area contributed by atoms with Gasteiger partial charge in [-0.05, 0) is 62.7 Å². The van der Waals surface area contributed by atoms with Gasteiger partial charge in [-0.2, -0.15) is 0 Å². The molecule has 1 unspecified atom stereocenters. The fraction of sp³-hybridized carbons (Fsp3) is 0.417. The van der Waals surface area contributed by atoms with Crippen LogP contribution in [0.1, 0.15) is 25.3 Å². The molecule has 1 heterocycles. The number of hydrogen-bond donors (Lipinski definition) is 3. The van der Waals surface area contributed by atoms with Gasteiger partial charge in [-0.3, -0.25) is 9.69 Å². The highest BCUT2D eigenvalue weighted by molar-refractivity contribution is 5.89. The number of hydrogen-bond acceptors (Lipinski definition) is 4. The second kappa shape index (κ2) is 10.8. The quantitative estimate of drug-likeness (QED) is 0.609. The number of nitrogens with one attached hydrogen (secondary N) is 2. The molecule has 4 N–H and O–H groups in total. The first-order valence-corrected chi connectivity index (χ1v) is 10.9. The number of amides is 3. The lowest BCUT2D eigenvalue weighted by molar-refractivity contribution is -0.123. The Labute approximate surface area is 184 Å². The average Bonchev–Trinajstić information content (AvgIpc) is 2.78. The van der Waals surface area contributed by atoms with Crippen LogP contribution in [-0.2, 0) is 11.3 Å². The van der Waals surface area contributed by atoms with Gasteiger partial charge in [0.05, 0.1) is 0 Å². The van der Waals surface area contributed by atoms with Gasteiger partial charge in [0.25, 0.3) is 0 Å². The lowest BCUT2D eigenvalue weighted by Crippen LogP contribution is -2.41. The fourth-order valence-corrected chi connectivity index (χ4v) is 3.85. The van der Waals surface area contributed by atoms with Crippen molar-refractivity contribution in [2.24, 2.45) is 11.7 Å². The highest BCUT2D eigenvalue weighted by Gasteiger charge is 2.23. The summed E-state index contributed by atoms with van der Waals surface area (Å²) in [4.78, 5) is 28.2. The predicted molar refractivity (Wildman–Crippen MR) is 125 cm³/mol. The molecule has 3 amide bonds. The molecule has 0 spiro atoms. The Kier molecular flexibility index (Phi) is 7.89. The maximum absolute atomic E-state index is 12.4. The lowest BCUT2D eigenvalue weighted by Gasteiger charge is -2.30. The van der Waals surface area contributed by atoms with Gasteiger partial charge in [-0.1, -0.05) is 30.3 Å². The van der Waals surface area contributed by atoms with Crippen LogP contribution < -0.4 is 21.3 Å². The molecule has 1 atom stereocenters. The minimum absolute atomic E-state index is 0.00345. The largest absolute Gasteiger partial charge is 0.370 e. The number of likely N-dealkylation sites (N-methyl/N-ethyl adjacent to an activating group) is 1. The smallest absolute Gasteiger partial charge is 0.319 e. The van der Waals surface area contributed by atoms with E-state index in [1.54, 1.807) is 0 Å². The second-order valence-electron chi connectivity index (χ2n) is 8.28. The molecule has 0 aromatic heterocycles. The summed E-state index contributed by atoms with van der Waals surface area (Å²) in [5.74, 6) is -0.197. The molecule has 0 radical (unpaired) electrons. The first kappa shape index (κ1) is 22.6. The van der Waals surface area contributed by atoms with Crippen molar-refractivity contribution >= 4 is 23.3 Å². The SMILES string of the molecule is CC(CNC(=O)Nc1cccc(CN2CCC(C(N)=O)CC2)c1)N(C)c1ccccc1. The van der Waals surface area contributed by atoms with Gasteiger partial charge >= 0.3 is 6.03 Å². The van der Waals surface area contributed by atoms with E-state index in [1.807, 2.05) is 43.4 Å². The summed E-state index contributed by atoms with van der Waals surface area (Å²) in [5, 5.41) is 5.88. The Balaban J connectivity index is 1.46. The number of carbonyl (C=O) groups is 2. The van der Waals surface area contributed by atoms with Crippen LogP contribution in [0, 0.1) is 5.92 Å². The highest BCUT2D eigenvalue weighted by atomic mass is 16.2. The zero-order chi connectivity index (χ0) is 22.2. The molecule has 166 valence electrons. The maximum Gasteiger partial charge on any atom is 0.319 e. The van der Waals surface area contributed by atoms with Crippen LogP contribution in [0.2, 0.25) is 0 Å². The number of nitrogens with zero attached hydrogens (tertiary/aromatic N) is 2. The number of nitrogens with two attached hydrogens (primary N) is 1. The Bertz CT molecular complexity index is 865. The predicted octanol–water partition coefficient (Wildman–Crippen LogP) is 3.03. The number of para-hydroxylation sites is 1. The Morgan fingerprint density at radius 3 is 2.52 bits per heavy atom. The second-order valence-corrected chi connectivity index (χ2v) is 8.28. The zero-order valence-corrected chi connectivity index (χ0v) is 18.4. The van der Waals surface area contributed by atoms with Crippen LogP contribution in [0.4, 0.5) is 16.2 Å². The maximum atomic E-state index is 12.4. The lowest BCUT2D eigenvalue weighted by atomic mass is 9.96. The van der Waals surface area contributed by atoms with Crippen molar-refractivity contribution in [3.05, 3.63) is 60.2 Å². The molecule has 31 heavy (non-hydrogen) atoms. The Hall–Kier alpha value is -3.06. The third-order valence-corrected chi connectivity index (χ3v) is 5.96. The molecule has 1 fully saturated rings. The molecule has 7 nitrogen and oxygen atoms in total. The monoisotopic (exact) mass is 423 g/mol. The van der Waals surface area contributed by atoms with Crippen molar-refractivity contribution in [3.8, 4) is 0 Å². The molecule has 0 saturated carbocycles. The first-order valence-electron chi connectivity index (χ1n) is 10.9. The molecule has 3 rings (SSSR count). The van der Waals surface area contributed by atoms with Gasteiger partial charge in [-0.15, -0.1) is 0 Å². The molecular weight excluding hydrogens is 390 g/mol. The van der Waals surface area contributed by atoms with Gasteiger partial charge < -0.3 is 21.3 Å². The topological polar surface area (TPSA) is 90.7 Å². The van der Waals surface area contributed by atoms with E-state index in [1.165, 1.54) is 0 Å². The van der Waals surface area contributed by atoms with Crippen molar-refractivity contribution in [1.82, 2.24) is 10.2 Å². The number of primary amides is 1. The van der Waals surface area contributed by atoms with Crippen LogP contribution in [0.15, 0.2) is 54.6 Å². The molecule has 1 saturated heterocycles. The van der Waals surface area contributed by atoms with E-state index in [9.17, 15) is 9.59 Å². The van der Waals surface area contributed by atoms with Crippen LogP contribution in [-0.4, -0.2) is 49.6 Å². The molecule has 2 aromatic carbocycles. The standard InChI is InChI=1S/C24H33N5O2/c1-18(28(2)22-9-4-3-5-10-22)16-26-24(31)27-21-8-6-7-19(15-21)17-29-13-11-20(12-14-29)23(25)30/h3-10,15,18,20H,11-14,16-17H2,1-2H3,(H2,25,30)(H2,26,27,31). The van der Waals surface area contributed by atoms with E-state index < -0.39 is 0 Å². The minimum atomic E-state index is -0.215. The normalized spacial score (nSPS) is 15.8. The van der Waals surface area contributed by atoms with E-state index in [4.69, 9.17) is 5.73 Å². The summed E-state index contributed by atoms with van der Waals surface area (Å²) in [6.07, 6.45) is 1.62. The molecule has 1 aliphatic rings. The van der Waals surface area contributed by atoms with E-state index in [-0.39, 0.29) is 23.9 Å². The molecule has 2 aromatic rings. The molecule has 0 aliphatic carbocycles. The van der Waals surface area contributed by atoms with Crippen LogP contribution >= 0.6 is 0 Å². The third-order valence-electron chi connectivity index (χ3n) is 5.96. The summed E-state index contributed by atoms with van der Waals surface area (Å²) >= 11 is 0. The average molecular weight is 424 g/mol. The van der Waals surface area contributed by atoms with Crippen molar-refractivity contribution in [3.63, 3.8) is 0 Å². The molecule has 7 heteroatoms. The van der Waals surface area contributed by atoms with E-state index >= 15 is 0 Å². The van der Waals surface area contributed by atoms with Gasteiger partial charge in [0, 0.05) is 43.5 Å². The molecular formula is C24H33N5O2. The summed E-state index contributed by atoms with van der Waals surface area (Å²) in [5.41, 5.74) is 8.43. The Morgan fingerprint density at radius 2 is 1.84 bits per heavy atom. The van der Waals surface area contributed by atoms with Crippen molar-refractivity contribution < 1.29 is 9.59 Å². The van der Waals surface area contributed by atoms with Crippen LogP contribution in [0.3, 0.4) is 0 Å². The number of carbonyl (C=O) groups excluding carboxylic acids is 2. The van der Waals surface area contributed by atoms with Crippen molar-refractivity contribution in [2.45, 2.75) is 32.4 Å². The number of benzene rings is 2. The summed E-state index contributed by atoms with van der Waals surface area (Å²) in [6, 6.07) is 17.9. The highest BCUT2D eigenvalue weighted by Crippen LogP contribution is 2.20. The molecule has 0 bridgehead atoms. The number of anilines is 2. The van der Waals surface area contributed by atoms with Crippen LogP contribution in [0.5, 0.6) is 0 Å². The fourth-order valence-electron chi connectivity index (χ4n) is 3.85. The van der Waals surface area contributed by atoms with Gasteiger partial charge in [-0.25, -0.2) is 4.79 Å². The van der Waals surface area contributed by atoms with E-state index in [2.05, 4.69) is 45.6 Å². The van der Waals surface area contributed by atoms with Crippen molar-refractivity contribution in [2.75, 3.05) is 36.9 Å². The number of likely N-dealkylation sites (tertiary alicyclic amines) is 1. The molecule has 1 aliphatic heterocycles. The van der Waals surface area contributed by atoms with Gasteiger partial charge in [0.2, 0.25) is 5.91 Å². The van der Waals surface area contributed by atoms with E-state index in [0.29, 0.717) is 6.54 Å². The van der Waals surface area contributed by atoms with E-state index in [0.717, 1.165) is 49.4 Å². The van der Waals surface area contributed by atoms with Crippen LogP contribution in [0.25, 0.3) is 0 Å². The first-order chi connectivity index (χ1) is 14.9. The number of urea groups is 1. The van der Waals surface area contributed by atoms with Gasteiger partial charge in [0.1, 0.15) is 0 Å². The van der Waals surface area contributed by atoms with Crippen molar-refractivity contribution in [1.29, 1.82) is 0 Å². The summed E-state index contributed by atoms with van der Waals surface area (Å²) in [6.45, 7) is 5.12. The number of rotatable bonds is 8. The summed E-state index contributed by atoms with van der Waals surface area (Å²) < 4.78 is 0. The third kappa shape index (κ3) is 6.72. The summed E-state index contributed by atoms with van der Waals surface area (Å²) in [7, 11) is 2.02.